The average molecular weight is 185 g/mol. The molecule has 1 aliphatic heterocycles. The Morgan fingerprint density at radius 2 is 2.15 bits per heavy atom. The predicted octanol–water partition coefficient (Wildman–Crippen LogP) is 2.47. The minimum atomic E-state index is -0.553. The van der Waals surface area contributed by atoms with E-state index in [0.29, 0.717) is 12.0 Å². The van der Waals surface area contributed by atoms with Crippen LogP contribution >= 0.6 is 0 Å². The molecule has 0 spiro atoms. The van der Waals surface area contributed by atoms with Crippen molar-refractivity contribution in [2.75, 3.05) is 19.6 Å². The third-order valence-electron chi connectivity index (χ3n) is 3.87. The van der Waals surface area contributed by atoms with Crippen LogP contribution in [0.1, 0.15) is 33.1 Å². The quantitative estimate of drug-likeness (QED) is 0.653. The molecule has 2 fully saturated rings. The van der Waals surface area contributed by atoms with Gasteiger partial charge in [0.15, 0.2) is 0 Å². The number of alkyl halides is 1. The highest BCUT2D eigenvalue weighted by Crippen LogP contribution is 2.52. The highest BCUT2D eigenvalue weighted by Gasteiger charge is 2.46. The highest BCUT2D eigenvalue weighted by molar-refractivity contribution is 4.98. The van der Waals surface area contributed by atoms with E-state index in [1.807, 2.05) is 0 Å². The van der Waals surface area contributed by atoms with E-state index in [1.54, 1.807) is 0 Å². The van der Waals surface area contributed by atoms with E-state index in [2.05, 4.69) is 18.7 Å². The monoisotopic (exact) mass is 185 g/mol. The van der Waals surface area contributed by atoms with Crippen molar-refractivity contribution < 1.29 is 4.39 Å². The van der Waals surface area contributed by atoms with Crippen LogP contribution in [0.25, 0.3) is 0 Å². The summed E-state index contributed by atoms with van der Waals surface area (Å²) < 4.78 is 12.9. The Bertz CT molecular complexity index is 187. The first kappa shape index (κ1) is 9.45. The van der Waals surface area contributed by atoms with Crippen molar-refractivity contribution in [3.63, 3.8) is 0 Å². The number of nitrogens with zero attached hydrogens (tertiary/aromatic N) is 1. The van der Waals surface area contributed by atoms with Crippen LogP contribution in [0.3, 0.4) is 0 Å². The summed E-state index contributed by atoms with van der Waals surface area (Å²) in [7, 11) is 0. The number of likely N-dealkylation sites (tertiary alicyclic amines) is 1. The first-order valence-corrected chi connectivity index (χ1v) is 5.49. The van der Waals surface area contributed by atoms with Crippen molar-refractivity contribution in [2.45, 2.75) is 39.3 Å². The van der Waals surface area contributed by atoms with Gasteiger partial charge in [-0.2, -0.15) is 0 Å². The Morgan fingerprint density at radius 3 is 2.54 bits per heavy atom. The van der Waals surface area contributed by atoms with Crippen LogP contribution in [0.5, 0.6) is 0 Å². The Morgan fingerprint density at radius 1 is 1.46 bits per heavy atom. The average Bonchev–Trinajstić information content (AvgIpc) is 2.72. The third kappa shape index (κ3) is 1.88. The van der Waals surface area contributed by atoms with Crippen LogP contribution in [0.4, 0.5) is 4.39 Å². The summed E-state index contributed by atoms with van der Waals surface area (Å²) in [5, 5.41) is 0. The zero-order valence-corrected chi connectivity index (χ0v) is 8.72. The Labute approximate surface area is 80.3 Å². The number of hydrogen-bond donors (Lipinski definition) is 0. The van der Waals surface area contributed by atoms with E-state index < -0.39 is 6.17 Å². The minimum Gasteiger partial charge on any atom is -0.300 e. The van der Waals surface area contributed by atoms with E-state index in [-0.39, 0.29) is 0 Å². The molecule has 0 radical (unpaired) electrons. The molecule has 0 aromatic heterocycles. The van der Waals surface area contributed by atoms with Crippen molar-refractivity contribution in [2.24, 2.45) is 11.3 Å². The molecule has 1 heterocycles. The molecule has 0 N–H and O–H groups in total. The van der Waals surface area contributed by atoms with E-state index in [1.165, 1.54) is 12.8 Å². The molecule has 2 rings (SSSR count). The fraction of sp³-hybridized carbons (Fsp3) is 1.00. The predicted molar refractivity (Wildman–Crippen MR) is 52.5 cm³/mol. The van der Waals surface area contributed by atoms with Gasteiger partial charge >= 0.3 is 0 Å². The van der Waals surface area contributed by atoms with Crippen LogP contribution in [0.2, 0.25) is 0 Å². The third-order valence-corrected chi connectivity index (χ3v) is 3.87. The molecule has 0 amide bonds. The maximum absolute atomic E-state index is 12.9. The van der Waals surface area contributed by atoms with Gasteiger partial charge in [-0.25, -0.2) is 4.39 Å². The van der Waals surface area contributed by atoms with E-state index in [0.717, 1.165) is 25.4 Å². The molecule has 0 aromatic rings. The van der Waals surface area contributed by atoms with Crippen LogP contribution in [-0.4, -0.2) is 30.7 Å². The zero-order valence-electron chi connectivity index (χ0n) is 8.72. The lowest BCUT2D eigenvalue weighted by atomic mass is 9.92. The molecule has 76 valence electrons. The second-order valence-electron chi connectivity index (χ2n) is 5.14. The first-order chi connectivity index (χ1) is 6.12. The van der Waals surface area contributed by atoms with Gasteiger partial charge in [0.05, 0.1) is 0 Å². The smallest absolute Gasteiger partial charge is 0.114 e. The largest absolute Gasteiger partial charge is 0.300 e. The number of rotatable bonds is 3. The van der Waals surface area contributed by atoms with Gasteiger partial charge in [-0.1, -0.05) is 13.8 Å². The van der Waals surface area contributed by atoms with E-state index in [9.17, 15) is 4.39 Å². The van der Waals surface area contributed by atoms with Gasteiger partial charge in [-0.3, -0.25) is 4.90 Å². The molecule has 1 saturated heterocycles. The van der Waals surface area contributed by atoms with Crippen molar-refractivity contribution in [1.29, 1.82) is 0 Å². The molecule has 2 heteroatoms. The molecule has 1 aliphatic carbocycles. The van der Waals surface area contributed by atoms with Gasteiger partial charge in [0, 0.05) is 19.6 Å². The molecule has 0 bridgehead atoms. The molecule has 1 saturated carbocycles. The maximum Gasteiger partial charge on any atom is 0.114 e. The fourth-order valence-electron chi connectivity index (χ4n) is 2.45. The normalized spacial score (nSPS) is 32.8. The van der Waals surface area contributed by atoms with Crippen molar-refractivity contribution >= 4 is 0 Å². The summed E-state index contributed by atoms with van der Waals surface area (Å²) in [4.78, 5) is 2.32. The number of halogens is 1. The fourth-order valence-corrected chi connectivity index (χ4v) is 2.45. The summed E-state index contributed by atoms with van der Waals surface area (Å²) in [6.07, 6.45) is 2.92. The second kappa shape index (κ2) is 3.23. The highest BCUT2D eigenvalue weighted by atomic mass is 19.1. The summed E-state index contributed by atoms with van der Waals surface area (Å²) in [6.45, 7) is 7.42. The van der Waals surface area contributed by atoms with Gasteiger partial charge in [-0.05, 0) is 30.6 Å². The van der Waals surface area contributed by atoms with Gasteiger partial charge in [-0.15, -0.1) is 0 Å². The van der Waals surface area contributed by atoms with Gasteiger partial charge < -0.3 is 0 Å². The van der Waals surface area contributed by atoms with Crippen LogP contribution in [-0.2, 0) is 0 Å². The van der Waals surface area contributed by atoms with Crippen LogP contribution < -0.4 is 0 Å². The van der Waals surface area contributed by atoms with E-state index >= 15 is 0 Å². The van der Waals surface area contributed by atoms with Crippen molar-refractivity contribution in [3.05, 3.63) is 0 Å². The van der Waals surface area contributed by atoms with Gasteiger partial charge in [0.25, 0.3) is 0 Å². The van der Waals surface area contributed by atoms with Gasteiger partial charge in [0.1, 0.15) is 6.17 Å². The SMILES string of the molecule is CC(C)C1(CN2CCC(F)C2)CC1. The van der Waals surface area contributed by atoms with Crippen molar-refractivity contribution in [1.82, 2.24) is 4.90 Å². The Hall–Kier alpha value is -0.110. The maximum atomic E-state index is 12.9. The summed E-state index contributed by atoms with van der Waals surface area (Å²) in [5.41, 5.74) is 0.560. The van der Waals surface area contributed by atoms with Gasteiger partial charge in [0.2, 0.25) is 0 Å². The van der Waals surface area contributed by atoms with Crippen LogP contribution in [0, 0.1) is 11.3 Å². The van der Waals surface area contributed by atoms with Crippen molar-refractivity contribution in [3.8, 4) is 0 Å². The topological polar surface area (TPSA) is 3.24 Å². The molecule has 2 aliphatic rings. The number of hydrogen-bond acceptors (Lipinski definition) is 1. The standard InChI is InChI=1S/C11H20FN/c1-9(2)11(4-5-11)8-13-6-3-10(12)7-13/h9-10H,3-8H2,1-2H3. The Kier molecular flexibility index (Phi) is 2.35. The summed E-state index contributed by atoms with van der Waals surface area (Å²) >= 11 is 0. The molecule has 1 unspecified atom stereocenters. The Balaban J connectivity index is 1.84. The lowest BCUT2D eigenvalue weighted by Crippen LogP contribution is -2.31. The molecule has 13 heavy (non-hydrogen) atoms. The van der Waals surface area contributed by atoms with Crippen LogP contribution in [0.15, 0.2) is 0 Å². The molecular formula is C11H20FN. The molecule has 0 aromatic carbocycles. The van der Waals surface area contributed by atoms with E-state index in [4.69, 9.17) is 0 Å². The zero-order chi connectivity index (χ0) is 9.47. The molecule has 1 nitrogen and oxygen atoms in total. The minimum absolute atomic E-state index is 0.553. The second-order valence-corrected chi connectivity index (χ2v) is 5.14. The molecule has 1 atom stereocenters. The summed E-state index contributed by atoms with van der Waals surface area (Å²) in [6, 6.07) is 0. The first-order valence-electron chi connectivity index (χ1n) is 5.49. The lowest BCUT2D eigenvalue weighted by molar-refractivity contribution is 0.204. The molecular weight excluding hydrogens is 165 g/mol. The lowest BCUT2D eigenvalue weighted by Gasteiger charge is -2.25. The summed E-state index contributed by atoms with van der Waals surface area (Å²) in [5.74, 6) is 0.770.